The minimum absolute atomic E-state index is 0.0340. The van der Waals surface area contributed by atoms with Gasteiger partial charge >= 0.3 is 0 Å². The molecule has 0 unspecified atom stereocenters. The zero-order valence-electron chi connectivity index (χ0n) is 17.8. The van der Waals surface area contributed by atoms with Crippen LogP contribution in [0, 0.1) is 5.82 Å². The van der Waals surface area contributed by atoms with E-state index in [0.29, 0.717) is 35.2 Å². The predicted molar refractivity (Wildman–Crippen MR) is 123 cm³/mol. The summed E-state index contributed by atoms with van der Waals surface area (Å²) < 4.78 is 25.4. The molecule has 1 heterocycles. The van der Waals surface area contributed by atoms with Gasteiger partial charge in [-0.15, -0.1) is 0 Å². The molecule has 2 aromatic carbocycles. The van der Waals surface area contributed by atoms with Gasteiger partial charge in [0.25, 0.3) is 5.56 Å². The van der Waals surface area contributed by atoms with E-state index in [2.05, 4.69) is 20.5 Å². The van der Waals surface area contributed by atoms with Crippen molar-refractivity contribution in [2.24, 2.45) is 5.10 Å². The van der Waals surface area contributed by atoms with Crippen molar-refractivity contribution in [3.05, 3.63) is 80.5 Å². The highest BCUT2D eigenvalue weighted by Crippen LogP contribution is 2.30. The van der Waals surface area contributed by atoms with Gasteiger partial charge in [0.2, 0.25) is 5.95 Å². The van der Waals surface area contributed by atoms with Crippen LogP contribution in [0.3, 0.4) is 0 Å². The Kier molecular flexibility index (Phi) is 8.21. The van der Waals surface area contributed by atoms with Crippen molar-refractivity contribution >= 4 is 23.8 Å². The molecule has 3 aromatic rings. The molecular weight excluding hydrogens is 435 g/mol. The fourth-order valence-corrected chi connectivity index (χ4v) is 3.14. The molecule has 0 spiro atoms. The van der Waals surface area contributed by atoms with Gasteiger partial charge < -0.3 is 9.47 Å². The Hall–Kier alpha value is -3.39. The molecule has 1 aromatic heterocycles. The van der Waals surface area contributed by atoms with Crippen LogP contribution in [0.4, 0.5) is 10.3 Å². The topological polar surface area (TPSA) is 88.6 Å². The van der Waals surface area contributed by atoms with Crippen LogP contribution in [-0.2, 0) is 13.0 Å². The van der Waals surface area contributed by atoms with Gasteiger partial charge in [-0.25, -0.2) is 14.8 Å². The summed E-state index contributed by atoms with van der Waals surface area (Å²) in [6.07, 6.45) is 3.16. The largest absolute Gasteiger partial charge is 0.490 e. The zero-order chi connectivity index (χ0) is 22.9. The number of nitrogens with one attached hydrogen (secondary N) is 2. The van der Waals surface area contributed by atoms with Gasteiger partial charge in [-0.3, -0.25) is 9.78 Å². The first-order valence-electron chi connectivity index (χ1n) is 10.2. The van der Waals surface area contributed by atoms with Gasteiger partial charge in [-0.1, -0.05) is 31.0 Å². The number of H-pyrrole nitrogens is 1. The molecule has 3 rings (SSSR count). The highest BCUT2D eigenvalue weighted by Gasteiger charge is 2.11. The van der Waals surface area contributed by atoms with E-state index in [1.807, 2.05) is 13.8 Å². The molecule has 0 atom stereocenters. The Balaban J connectivity index is 1.72. The van der Waals surface area contributed by atoms with E-state index in [1.54, 1.807) is 36.5 Å². The van der Waals surface area contributed by atoms with E-state index < -0.39 is 5.82 Å². The molecule has 0 fully saturated rings. The SMILES string of the molecule is CCCc1cc(=O)[nH]c(NN=Cc2ccc(OCc3c(F)cccc3Cl)c(OCC)c2)n1. The average molecular weight is 459 g/mol. The van der Waals surface area contributed by atoms with Crippen LogP contribution in [0.15, 0.2) is 52.4 Å². The van der Waals surface area contributed by atoms with Crippen molar-refractivity contribution in [1.82, 2.24) is 9.97 Å². The second kappa shape index (κ2) is 11.3. The third-order valence-corrected chi connectivity index (χ3v) is 4.74. The molecule has 32 heavy (non-hydrogen) atoms. The third-order valence-electron chi connectivity index (χ3n) is 4.39. The molecule has 2 N–H and O–H groups in total. The van der Waals surface area contributed by atoms with Crippen molar-refractivity contribution < 1.29 is 13.9 Å². The molecule has 0 radical (unpaired) electrons. The number of nitrogens with zero attached hydrogens (tertiary/aromatic N) is 2. The zero-order valence-corrected chi connectivity index (χ0v) is 18.6. The summed E-state index contributed by atoms with van der Waals surface area (Å²) in [4.78, 5) is 18.6. The maximum absolute atomic E-state index is 14.0. The summed E-state index contributed by atoms with van der Waals surface area (Å²) >= 11 is 6.06. The second-order valence-corrected chi connectivity index (χ2v) is 7.24. The maximum atomic E-state index is 14.0. The van der Waals surface area contributed by atoms with E-state index in [1.165, 1.54) is 12.1 Å². The van der Waals surface area contributed by atoms with Crippen LogP contribution in [0.5, 0.6) is 11.5 Å². The summed E-state index contributed by atoms with van der Waals surface area (Å²) in [5.74, 6) is 0.777. The molecule has 7 nitrogen and oxygen atoms in total. The Morgan fingerprint density at radius 1 is 1.19 bits per heavy atom. The molecule has 0 aliphatic heterocycles. The first-order valence-corrected chi connectivity index (χ1v) is 10.6. The van der Waals surface area contributed by atoms with Crippen LogP contribution in [0.25, 0.3) is 0 Å². The molecule has 0 saturated heterocycles. The number of anilines is 1. The number of hydrazone groups is 1. The van der Waals surface area contributed by atoms with Crippen LogP contribution >= 0.6 is 11.6 Å². The Morgan fingerprint density at radius 3 is 2.78 bits per heavy atom. The molecule has 0 bridgehead atoms. The lowest BCUT2D eigenvalue weighted by Crippen LogP contribution is -2.12. The van der Waals surface area contributed by atoms with Crippen LogP contribution in [0.2, 0.25) is 5.02 Å². The number of aromatic nitrogens is 2. The molecule has 0 aliphatic carbocycles. The van der Waals surface area contributed by atoms with Crippen molar-refractivity contribution in [3.8, 4) is 11.5 Å². The smallest absolute Gasteiger partial charge is 0.252 e. The van der Waals surface area contributed by atoms with Crippen molar-refractivity contribution in [1.29, 1.82) is 0 Å². The van der Waals surface area contributed by atoms with Crippen LogP contribution < -0.4 is 20.5 Å². The predicted octanol–water partition coefficient (Wildman–Crippen LogP) is 4.94. The number of hydrogen-bond acceptors (Lipinski definition) is 6. The second-order valence-electron chi connectivity index (χ2n) is 6.83. The summed E-state index contributed by atoms with van der Waals surface area (Å²) in [6.45, 7) is 4.26. The number of hydrogen-bond donors (Lipinski definition) is 2. The number of rotatable bonds is 10. The van der Waals surface area contributed by atoms with Crippen molar-refractivity contribution in [2.45, 2.75) is 33.3 Å². The van der Waals surface area contributed by atoms with Gasteiger partial charge in [0.05, 0.1) is 17.8 Å². The monoisotopic (exact) mass is 458 g/mol. The van der Waals surface area contributed by atoms with Gasteiger partial charge in [0.15, 0.2) is 11.5 Å². The first kappa shape index (κ1) is 23.3. The standard InChI is InChI=1S/C23H24ClFN4O3/c1-3-6-16-12-22(30)28-23(27-16)29-26-13-15-9-10-20(21(11-15)31-4-2)32-14-17-18(24)7-5-8-19(17)25/h5,7-13H,3-4,6,14H2,1-2H3,(H2,27,28,29,30). The summed E-state index contributed by atoms with van der Waals surface area (Å²) in [7, 11) is 0. The van der Waals surface area contributed by atoms with Gasteiger partial charge in [0, 0.05) is 17.3 Å². The van der Waals surface area contributed by atoms with Gasteiger partial charge in [-0.2, -0.15) is 5.10 Å². The van der Waals surface area contributed by atoms with Gasteiger partial charge in [0.1, 0.15) is 12.4 Å². The number of halogens is 2. The van der Waals surface area contributed by atoms with E-state index in [9.17, 15) is 9.18 Å². The summed E-state index contributed by atoms with van der Waals surface area (Å²) in [5, 5.41) is 4.43. The van der Waals surface area contributed by atoms with Crippen molar-refractivity contribution in [3.63, 3.8) is 0 Å². The number of ether oxygens (including phenoxy) is 2. The Morgan fingerprint density at radius 2 is 2.03 bits per heavy atom. The van der Waals surface area contributed by atoms with E-state index in [4.69, 9.17) is 21.1 Å². The lowest BCUT2D eigenvalue weighted by molar-refractivity contribution is 0.266. The Bertz CT molecular complexity index is 1130. The highest BCUT2D eigenvalue weighted by atomic mass is 35.5. The minimum atomic E-state index is -0.431. The number of aromatic amines is 1. The van der Waals surface area contributed by atoms with E-state index in [-0.39, 0.29) is 23.7 Å². The van der Waals surface area contributed by atoms with E-state index >= 15 is 0 Å². The lowest BCUT2D eigenvalue weighted by atomic mass is 10.2. The van der Waals surface area contributed by atoms with E-state index in [0.717, 1.165) is 12.0 Å². The normalized spacial score (nSPS) is 11.0. The summed E-state index contributed by atoms with van der Waals surface area (Å²) in [6, 6.07) is 11.2. The molecule has 0 aliphatic rings. The third kappa shape index (κ3) is 6.31. The molecule has 0 amide bonds. The molecule has 168 valence electrons. The number of aryl methyl sites for hydroxylation is 1. The molecule has 0 saturated carbocycles. The minimum Gasteiger partial charge on any atom is -0.490 e. The summed E-state index contributed by atoms with van der Waals surface area (Å²) in [5.41, 5.74) is 4.19. The number of benzene rings is 2. The fraction of sp³-hybridized carbons (Fsp3) is 0.261. The lowest BCUT2D eigenvalue weighted by Gasteiger charge is -2.13. The quantitative estimate of drug-likeness (QED) is 0.332. The Labute approximate surface area is 190 Å². The highest BCUT2D eigenvalue weighted by molar-refractivity contribution is 6.31. The molecular formula is C23H24ClFN4O3. The maximum Gasteiger partial charge on any atom is 0.252 e. The van der Waals surface area contributed by atoms with Crippen molar-refractivity contribution in [2.75, 3.05) is 12.0 Å². The first-order chi connectivity index (χ1) is 15.5. The fourth-order valence-electron chi connectivity index (χ4n) is 2.93. The van der Waals surface area contributed by atoms with Crippen LogP contribution in [0.1, 0.15) is 37.1 Å². The van der Waals surface area contributed by atoms with Crippen LogP contribution in [-0.4, -0.2) is 22.8 Å². The van der Waals surface area contributed by atoms with Gasteiger partial charge in [-0.05, 0) is 49.2 Å². The molecule has 9 heteroatoms. The average Bonchev–Trinajstić information content (AvgIpc) is 2.75.